The Bertz CT molecular complexity index is 1060. The van der Waals surface area contributed by atoms with Crippen LogP contribution in [0.15, 0.2) is 46.9 Å². The van der Waals surface area contributed by atoms with Crippen molar-refractivity contribution in [1.29, 1.82) is 0 Å². The molecule has 0 aliphatic carbocycles. The predicted octanol–water partition coefficient (Wildman–Crippen LogP) is 3.93. The second-order valence-electron chi connectivity index (χ2n) is 7.44. The molecule has 6 nitrogen and oxygen atoms in total. The summed E-state index contributed by atoms with van der Waals surface area (Å²) >= 11 is 0. The number of carbonyl (C=O) groups excluding carboxylic acids is 1. The Morgan fingerprint density at radius 2 is 1.90 bits per heavy atom. The number of carbonyl (C=O) groups is 1. The fourth-order valence-electron chi connectivity index (χ4n) is 3.81. The Kier molecular flexibility index (Phi) is 5.63. The standard InChI is InChI=1S/C23H24FNO5/c1-14-17-7-4-8-18(24)22(17)30-21(14)23(27)25-11-9-19(26)20(10-12-25)29-16-6-3-5-15(13-16)28-2/h3-8,13,19-20,26H,9-12H2,1-2H3/t19-,20-/m0/s1. The van der Waals surface area contributed by atoms with Crippen LogP contribution in [0.25, 0.3) is 11.0 Å². The van der Waals surface area contributed by atoms with Gasteiger partial charge in [0.2, 0.25) is 0 Å². The van der Waals surface area contributed by atoms with E-state index < -0.39 is 18.0 Å². The maximum atomic E-state index is 14.0. The lowest BCUT2D eigenvalue weighted by molar-refractivity contribution is 0.0349. The number of furan rings is 1. The van der Waals surface area contributed by atoms with E-state index in [2.05, 4.69) is 0 Å². The number of benzene rings is 2. The van der Waals surface area contributed by atoms with Crippen LogP contribution in [-0.4, -0.2) is 48.3 Å². The predicted molar refractivity (Wildman–Crippen MR) is 109 cm³/mol. The Morgan fingerprint density at radius 3 is 2.67 bits per heavy atom. The van der Waals surface area contributed by atoms with Gasteiger partial charge in [0.05, 0.1) is 13.2 Å². The second-order valence-corrected chi connectivity index (χ2v) is 7.44. The first-order chi connectivity index (χ1) is 14.5. The molecule has 0 radical (unpaired) electrons. The van der Waals surface area contributed by atoms with E-state index in [0.717, 1.165) is 0 Å². The Labute approximate surface area is 173 Å². The molecule has 1 aliphatic heterocycles. The van der Waals surface area contributed by atoms with Crippen LogP contribution in [0.3, 0.4) is 0 Å². The van der Waals surface area contributed by atoms with E-state index in [1.54, 1.807) is 43.2 Å². The van der Waals surface area contributed by atoms with E-state index in [1.807, 2.05) is 12.1 Å². The smallest absolute Gasteiger partial charge is 0.289 e. The summed E-state index contributed by atoms with van der Waals surface area (Å²) in [5.74, 6) is 0.601. The van der Waals surface area contributed by atoms with Gasteiger partial charge in [0, 0.05) is 36.5 Å². The molecule has 7 heteroatoms. The third kappa shape index (κ3) is 3.85. The maximum Gasteiger partial charge on any atom is 0.289 e. The highest BCUT2D eigenvalue weighted by molar-refractivity contribution is 5.99. The lowest BCUT2D eigenvalue weighted by Crippen LogP contribution is -2.32. The average molecular weight is 413 g/mol. The monoisotopic (exact) mass is 413 g/mol. The largest absolute Gasteiger partial charge is 0.497 e. The minimum absolute atomic E-state index is 0.0902. The Morgan fingerprint density at radius 1 is 1.17 bits per heavy atom. The van der Waals surface area contributed by atoms with Gasteiger partial charge in [0.1, 0.15) is 17.6 Å². The zero-order valence-corrected chi connectivity index (χ0v) is 16.9. The van der Waals surface area contributed by atoms with Crippen LogP contribution in [0.1, 0.15) is 29.0 Å². The highest BCUT2D eigenvalue weighted by atomic mass is 19.1. The summed E-state index contributed by atoms with van der Waals surface area (Å²) in [5, 5.41) is 11.1. The fraction of sp³-hybridized carbons (Fsp3) is 0.348. The highest BCUT2D eigenvalue weighted by Crippen LogP contribution is 2.29. The molecule has 3 aromatic rings. The van der Waals surface area contributed by atoms with Crippen LogP contribution in [0.4, 0.5) is 4.39 Å². The molecule has 2 heterocycles. The molecule has 0 bridgehead atoms. The topological polar surface area (TPSA) is 72.1 Å². The normalized spacial score (nSPS) is 19.5. The van der Waals surface area contributed by atoms with Gasteiger partial charge in [-0.15, -0.1) is 0 Å². The van der Waals surface area contributed by atoms with Gasteiger partial charge in [0.15, 0.2) is 17.2 Å². The molecule has 0 saturated carbocycles. The zero-order valence-electron chi connectivity index (χ0n) is 16.9. The van der Waals surface area contributed by atoms with Gasteiger partial charge >= 0.3 is 0 Å². The van der Waals surface area contributed by atoms with Crippen LogP contribution in [0.2, 0.25) is 0 Å². The zero-order chi connectivity index (χ0) is 21.3. The maximum absolute atomic E-state index is 14.0. The number of rotatable bonds is 4. The van der Waals surface area contributed by atoms with E-state index in [-0.39, 0.29) is 17.3 Å². The molecule has 158 valence electrons. The number of halogens is 1. The molecule has 1 fully saturated rings. The molecule has 2 atom stereocenters. The van der Waals surface area contributed by atoms with Crippen molar-refractivity contribution >= 4 is 16.9 Å². The minimum Gasteiger partial charge on any atom is -0.497 e. The number of para-hydroxylation sites is 1. The van der Waals surface area contributed by atoms with E-state index in [1.165, 1.54) is 6.07 Å². The Balaban J connectivity index is 1.50. The molecule has 0 unspecified atom stereocenters. The highest BCUT2D eigenvalue weighted by Gasteiger charge is 2.31. The molecule has 1 amide bonds. The number of ether oxygens (including phenoxy) is 2. The molecule has 30 heavy (non-hydrogen) atoms. The summed E-state index contributed by atoms with van der Waals surface area (Å²) in [6.07, 6.45) is -0.349. The molecule has 2 aromatic carbocycles. The number of aliphatic hydroxyl groups excluding tert-OH is 1. The average Bonchev–Trinajstić information content (AvgIpc) is 2.99. The van der Waals surface area contributed by atoms with Crippen LogP contribution in [-0.2, 0) is 0 Å². The van der Waals surface area contributed by atoms with Gasteiger partial charge in [-0.2, -0.15) is 0 Å². The number of aryl methyl sites for hydroxylation is 1. The van der Waals surface area contributed by atoms with Crippen molar-refractivity contribution in [3.05, 3.63) is 59.6 Å². The van der Waals surface area contributed by atoms with E-state index in [0.29, 0.717) is 48.4 Å². The summed E-state index contributed by atoms with van der Waals surface area (Å²) in [4.78, 5) is 14.7. The molecule has 1 saturated heterocycles. The van der Waals surface area contributed by atoms with Gasteiger partial charge in [-0.1, -0.05) is 18.2 Å². The molecule has 1 aromatic heterocycles. The SMILES string of the molecule is COc1cccc(O[C@H]2CCN(C(=O)c3oc4c(F)cccc4c3C)CC[C@@H]2O)c1. The number of likely N-dealkylation sites (tertiary alicyclic amines) is 1. The number of aliphatic hydroxyl groups is 1. The van der Waals surface area contributed by atoms with Crippen molar-refractivity contribution in [1.82, 2.24) is 4.90 Å². The lowest BCUT2D eigenvalue weighted by Gasteiger charge is -2.22. The summed E-state index contributed by atoms with van der Waals surface area (Å²) in [5.41, 5.74) is 0.705. The minimum atomic E-state index is -0.719. The molecular weight excluding hydrogens is 389 g/mol. The number of methoxy groups -OCH3 is 1. The Hall–Kier alpha value is -3.06. The van der Waals surface area contributed by atoms with Crippen LogP contribution in [0, 0.1) is 12.7 Å². The summed E-state index contributed by atoms with van der Waals surface area (Å²) < 4.78 is 30.8. The van der Waals surface area contributed by atoms with Crippen molar-refractivity contribution in [2.24, 2.45) is 0 Å². The number of hydrogen-bond donors (Lipinski definition) is 1. The van der Waals surface area contributed by atoms with Crippen LogP contribution < -0.4 is 9.47 Å². The van der Waals surface area contributed by atoms with Crippen molar-refractivity contribution in [2.45, 2.75) is 32.0 Å². The van der Waals surface area contributed by atoms with E-state index >= 15 is 0 Å². The second kappa shape index (κ2) is 8.36. The molecule has 1 aliphatic rings. The van der Waals surface area contributed by atoms with Crippen molar-refractivity contribution in [3.63, 3.8) is 0 Å². The van der Waals surface area contributed by atoms with Gasteiger partial charge in [-0.3, -0.25) is 4.79 Å². The van der Waals surface area contributed by atoms with E-state index in [9.17, 15) is 14.3 Å². The number of hydrogen-bond acceptors (Lipinski definition) is 5. The molecular formula is C23H24FNO5. The number of amides is 1. The van der Waals surface area contributed by atoms with E-state index in [4.69, 9.17) is 13.9 Å². The summed E-state index contributed by atoms with van der Waals surface area (Å²) in [7, 11) is 1.58. The number of fused-ring (bicyclic) bond motifs is 1. The fourth-order valence-corrected chi connectivity index (χ4v) is 3.81. The first kappa shape index (κ1) is 20.2. The lowest BCUT2D eigenvalue weighted by atomic mass is 10.1. The van der Waals surface area contributed by atoms with Gasteiger partial charge in [-0.25, -0.2) is 4.39 Å². The quantitative estimate of drug-likeness (QED) is 0.702. The summed E-state index contributed by atoms with van der Waals surface area (Å²) in [6.45, 7) is 2.50. The third-order valence-corrected chi connectivity index (χ3v) is 5.53. The first-order valence-electron chi connectivity index (χ1n) is 9.93. The van der Waals surface area contributed by atoms with Gasteiger partial charge < -0.3 is 23.9 Å². The van der Waals surface area contributed by atoms with Crippen molar-refractivity contribution < 1.29 is 28.2 Å². The summed E-state index contributed by atoms with van der Waals surface area (Å²) in [6, 6.07) is 11.8. The van der Waals surface area contributed by atoms with Crippen molar-refractivity contribution in [2.75, 3.05) is 20.2 Å². The third-order valence-electron chi connectivity index (χ3n) is 5.53. The van der Waals surface area contributed by atoms with Gasteiger partial charge in [0.25, 0.3) is 5.91 Å². The van der Waals surface area contributed by atoms with Gasteiger partial charge in [-0.05, 0) is 31.5 Å². The molecule has 0 spiro atoms. The number of nitrogens with zero attached hydrogens (tertiary/aromatic N) is 1. The molecule has 4 rings (SSSR count). The first-order valence-corrected chi connectivity index (χ1v) is 9.93. The van der Waals surface area contributed by atoms with Crippen LogP contribution in [0.5, 0.6) is 11.5 Å². The van der Waals surface area contributed by atoms with Crippen LogP contribution >= 0.6 is 0 Å². The molecule has 1 N–H and O–H groups in total. The van der Waals surface area contributed by atoms with Crippen molar-refractivity contribution in [3.8, 4) is 11.5 Å².